The highest BCUT2D eigenvalue weighted by molar-refractivity contribution is 6.05. The van der Waals surface area contributed by atoms with E-state index in [9.17, 15) is 4.79 Å². The molecule has 3 aromatic rings. The molecule has 2 aromatic carbocycles. The average Bonchev–Trinajstić information content (AvgIpc) is 2.73. The number of hydrogen-bond donors (Lipinski definition) is 0. The summed E-state index contributed by atoms with van der Waals surface area (Å²) >= 11 is 0. The first kappa shape index (κ1) is 16.3. The summed E-state index contributed by atoms with van der Waals surface area (Å²) in [4.78, 5) is 25.5. The second-order valence-electron chi connectivity index (χ2n) is 6.34. The van der Waals surface area contributed by atoms with E-state index in [1.165, 1.54) is 5.56 Å². The van der Waals surface area contributed by atoms with Gasteiger partial charge in [-0.05, 0) is 36.6 Å². The molecular formula is C21H20N4O. The number of anilines is 3. The SMILES string of the molecule is CN(c1ccccc1)c1cnc(C(=O)N2CCCc3ccccc32)cn1. The number of para-hydroxylation sites is 2. The number of hydrogen-bond acceptors (Lipinski definition) is 4. The van der Waals surface area contributed by atoms with Crippen molar-refractivity contribution in [2.24, 2.45) is 0 Å². The molecule has 0 saturated carbocycles. The lowest BCUT2D eigenvalue weighted by Crippen LogP contribution is -2.36. The standard InChI is InChI=1S/C21H20N4O/c1-24(17-10-3-2-4-11-17)20-15-22-18(14-23-20)21(26)25-13-7-9-16-8-5-6-12-19(16)25/h2-6,8,10-12,14-15H,7,9,13H2,1H3. The van der Waals surface area contributed by atoms with Gasteiger partial charge < -0.3 is 9.80 Å². The highest BCUT2D eigenvalue weighted by atomic mass is 16.2. The summed E-state index contributed by atoms with van der Waals surface area (Å²) in [5, 5.41) is 0. The fraction of sp³-hybridized carbons (Fsp3) is 0.190. The minimum Gasteiger partial charge on any atom is -0.328 e. The zero-order chi connectivity index (χ0) is 17.9. The van der Waals surface area contributed by atoms with E-state index in [2.05, 4.69) is 16.0 Å². The predicted molar refractivity (Wildman–Crippen MR) is 103 cm³/mol. The van der Waals surface area contributed by atoms with Gasteiger partial charge in [0, 0.05) is 25.0 Å². The van der Waals surface area contributed by atoms with Gasteiger partial charge in [-0.15, -0.1) is 0 Å². The number of fused-ring (bicyclic) bond motifs is 1. The van der Waals surface area contributed by atoms with E-state index in [0.29, 0.717) is 18.1 Å². The van der Waals surface area contributed by atoms with Crippen LogP contribution in [0, 0.1) is 0 Å². The molecule has 1 aliphatic rings. The van der Waals surface area contributed by atoms with E-state index in [1.54, 1.807) is 12.4 Å². The third-order valence-corrected chi connectivity index (χ3v) is 4.70. The van der Waals surface area contributed by atoms with Crippen LogP contribution in [0.15, 0.2) is 67.0 Å². The molecule has 0 aliphatic carbocycles. The Morgan fingerprint density at radius 2 is 1.77 bits per heavy atom. The molecule has 130 valence electrons. The maximum atomic E-state index is 12.9. The lowest BCUT2D eigenvalue weighted by Gasteiger charge is -2.29. The van der Waals surface area contributed by atoms with Crippen LogP contribution >= 0.6 is 0 Å². The van der Waals surface area contributed by atoms with Gasteiger partial charge in [-0.25, -0.2) is 9.97 Å². The number of rotatable bonds is 3. The van der Waals surface area contributed by atoms with Crippen molar-refractivity contribution in [2.45, 2.75) is 12.8 Å². The van der Waals surface area contributed by atoms with E-state index < -0.39 is 0 Å². The number of nitrogens with zero attached hydrogens (tertiary/aromatic N) is 4. The van der Waals surface area contributed by atoms with Crippen LogP contribution in [0.2, 0.25) is 0 Å². The Balaban J connectivity index is 1.57. The van der Waals surface area contributed by atoms with Gasteiger partial charge in [-0.1, -0.05) is 36.4 Å². The molecule has 0 radical (unpaired) electrons. The highest BCUT2D eigenvalue weighted by Crippen LogP contribution is 2.28. The lowest BCUT2D eigenvalue weighted by molar-refractivity contribution is 0.0980. The Bertz CT molecular complexity index is 909. The molecule has 2 heterocycles. The van der Waals surface area contributed by atoms with E-state index >= 15 is 0 Å². The summed E-state index contributed by atoms with van der Waals surface area (Å²) in [5.74, 6) is 0.602. The third-order valence-electron chi connectivity index (χ3n) is 4.70. The fourth-order valence-electron chi connectivity index (χ4n) is 3.27. The molecular weight excluding hydrogens is 324 g/mol. The van der Waals surface area contributed by atoms with Gasteiger partial charge in [-0.2, -0.15) is 0 Å². The van der Waals surface area contributed by atoms with Crippen LogP contribution in [0.1, 0.15) is 22.5 Å². The quantitative estimate of drug-likeness (QED) is 0.724. The maximum Gasteiger partial charge on any atom is 0.278 e. The summed E-state index contributed by atoms with van der Waals surface area (Å²) in [7, 11) is 1.93. The summed E-state index contributed by atoms with van der Waals surface area (Å²) in [6.07, 6.45) is 5.18. The van der Waals surface area contributed by atoms with Gasteiger partial charge in [0.1, 0.15) is 5.69 Å². The van der Waals surface area contributed by atoms with Crippen molar-refractivity contribution in [1.82, 2.24) is 9.97 Å². The topological polar surface area (TPSA) is 49.3 Å². The van der Waals surface area contributed by atoms with Gasteiger partial charge >= 0.3 is 0 Å². The van der Waals surface area contributed by atoms with Crippen LogP contribution in [0.5, 0.6) is 0 Å². The Kier molecular flexibility index (Phi) is 4.35. The Hall–Kier alpha value is -3.21. The Morgan fingerprint density at radius 3 is 2.54 bits per heavy atom. The normalized spacial score (nSPS) is 13.2. The molecule has 0 saturated heterocycles. The van der Waals surface area contributed by atoms with Crippen molar-refractivity contribution >= 4 is 23.1 Å². The van der Waals surface area contributed by atoms with Gasteiger partial charge in [0.05, 0.1) is 12.4 Å². The number of benzene rings is 2. The minimum absolute atomic E-state index is 0.0986. The fourth-order valence-corrected chi connectivity index (χ4v) is 3.27. The van der Waals surface area contributed by atoms with Gasteiger partial charge in [0.2, 0.25) is 0 Å². The first-order chi connectivity index (χ1) is 12.7. The lowest BCUT2D eigenvalue weighted by atomic mass is 10.0. The first-order valence-corrected chi connectivity index (χ1v) is 8.74. The first-order valence-electron chi connectivity index (χ1n) is 8.74. The molecule has 0 bridgehead atoms. The van der Waals surface area contributed by atoms with Crippen LogP contribution in [0.4, 0.5) is 17.2 Å². The van der Waals surface area contributed by atoms with Crippen molar-refractivity contribution in [3.05, 3.63) is 78.2 Å². The van der Waals surface area contributed by atoms with Crippen molar-refractivity contribution in [3.8, 4) is 0 Å². The van der Waals surface area contributed by atoms with Crippen LogP contribution in [-0.2, 0) is 6.42 Å². The molecule has 1 aromatic heterocycles. The third kappa shape index (κ3) is 3.04. The smallest absolute Gasteiger partial charge is 0.278 e. The van der Waals surface area contributed by atoms with Crippen LogP contribution < -0.4 is 9.80 Å². The van der Waals surface area contributed by atoms with E-state index in [1.807, 2.05) is 65.4 Å². The predicted octanol–water partition coefficient (Wildman–Crippen LogP) is 3.84. The molecule has 4 rings (SSSR count). The number of carbonyl (C=O) groups is 1. The molecule has 1 aliphatic heterocycles. The van der Waals surface area contributed by atoms with Crippen molar-refractivity contribution < 1.29 is 4.79 Å². The van der Waals surface area contributed by atoms with E-state index in [-0.39, 0.29) is 5.91 Å². The van der Waals surface area contributed by atoms with Crippen molar-refractivity contribution in [2.75, 3.05) is 23.4 Å². The van der Waals surface area contributed by atoms with Gasteiger partial charge in [0.15, 0.2) is 5.82 Å². The number of amides is 1. The molecule has 0 atom stereocenters. The summed E-state index contributed by atoms with van der Waals surface area (Å²) < 4.78 is 0. The summed E-state index contributed by atoms with van der Waals surface area (Å²) in [6.45, 7) is 0.712. The van der Waals surface area contributed by atoms with Crippen LogP contribution in [-0.4, -0.2) is 29.5 Å². The Morgan fingerprint density at radius 1 is 1.00 bits per heavy atom. The Labute approximate surface area is 152 Å². The zero-order valence-electron chi connectivity index (χ0n) is 14.7. The molecule has 0 spiro atoms. The zero-order valence-corrected chi connectivity index (χ0v) is 14.7. The van der Waals surface area contributed by atoms with Crippen molar-refractivity contribution in [1.29, 1.82) is 0 Å². The molecule has 5 nitrogen and oxygen atoms in total. The van der Waals surface area contributed by atoms with Crippen LogP contribution in [0.25, 0.3) is 0 Å². The van der Waals surface area contributed by atoms with E-state index in [0.717, 1.165) is 24.2 Å². The second-order valence-corrected chi connectivity index (χ2v) is 6.34. The van der Waals surface area contributed by atoms with E-state index in [4.69, 9.17) is 0 Å². The molecule has 1 amide bonds. The molecule has 0 fully saturated rings. The largest absolute Gasteiger partial charge is 0.328 e. The summed E-state index contributed by atoms with van der Waals surface area (Å²) in [5.41, 5.74) is 3.58. The number of carbonyl (C=O) groups excluding carboxylic acids is 1. The number of aromatic nitrogens is 2. The molecule has 5 heteroatoms. The monoisotopic (exact) mass is 344 g/mol. The molecule has 26 heavy (non-hydrogen) atoms. The maximum absolute atomic E-state index is 12.9. The van der Waals surface area contributed by atoms with Gasteiger partial charge in [-0.3, -0.25) is 4.79 Å². The number of aryl methyl sites for hydroxylation is 1. The minimum atomic E-state index is -0.0986. The molecule has 0 unspecified atom stereocenters. The summed E-state index contributed by atoms with van der Waals surface area (Å²) in [6, 6.07) is 18.0. The average molecular weight is 344 g/mol. The molecule has 0 N–H and O–H groups in total. The second kappa shape index (κ2) is 6.96. The van der Waals surface area contributed by atoms with Crippen molar-refractivity contribution in [3.63, 3.8) is 0 Å². The van der Waals surface area contributed by atoms with Crippen LogP contribution in [0.3, 0.4) is 0 Å². The highest BCUT2D eigenvalue weighted by Gasteiger charge is 2.24. The van der Waals surface area contributed by atoms with Gasteiger partial charge in [0.25, 0.3) is 5.91 Å².